The lowest BCUT2D eigenvalue weighted by Gasteiger charge is -2.19. The van der Waals surface area contributed by atoms with Crippen LogP contribution in [0.1, 0.15) is 26.3 Å². The number of urea groups is 1. The minimum Gasteiger partial charge on any atom is -0.379 e. The fraction of sp³-hybridized carbons (Fsp3) is 0.562. The van der Waals surface area contributed by atoms with Crippen molar-refractivity contribution in [3.05, 3.63) is 29.8 Å². The largest absolute Gasteiger partial charge is 0.379 e. The van der Waals surface area contributed by atoms with Gasteiger partial charge >= 0.3 is 6.03 Å². The molecule has 5 heteroatoms. The number of hydrogen-bond acceptors (Lipinski definition) is 3. The van der Waals surface area contributed by atoms with E-state index in [0.29, 0.717) is 39.5 Å². The lowest BCUT2D eigenvalue weighted by atomic mass is 10.2. The fourth-order valence-electron chi connectivity index (χ4n) is 1.90. The molecule has 0 unspecified atom stereocenters. The molecule has 0 aliphatic rings. The van der Waals surface area contributed by atoms with Crippen LogP contribution in [0.4, 0.5) is 10.5 Å². The Hall–Kier alpha value is -1.59. The van der Waals surface area contributed by atoms with Gasteiger partial charge in [0, 0.05) is 25.4 Å². The Bertz CT molecular complexity index is 420. The molecule has 0 heterocycles. The average molecular weight is 294 g/mol. The van der Waals surface area contributed by atoms with Crippen LogP contribution in [-0.4, -0.2) is 43.8 Å². The number of hydrogen-bond donors (Lipinski definition) is 1. The molecule has 0 aromatic heterocycles. The molecule has 0 fully saturated rings. The smallest absolute Gasteiger partial charge is 0.321 e. The summed E-state index contributed by atoms with van der Waals surface area (Å²) in [6.45, 7) is 9.68. The highest BCUT2D eigenvalue weighted by Crippen LogP contribution is 2.12. The summed E-state index contributed by atoms with van der Waals surface area (Å²) >= 11 is 0. The molecule has 5 nitrogen and oxygen atoms in total. The van der Waals surface area contributed by atoms with Crippen molar-refractivity contribution in [1.82, 2.24) is 4.90 Å². The van der Waals surface area contributed by atoms with Gasteiger partial charge in [0.25, 0.3) is 0 Å². The quantitative estimate of drug-likeness (QED) is 0.712. The van der Waals surface area contributed by atoms with Crippen molar-refractivity contribution in [2.75, 3.05) is 38.2 Å². The van der Waals surface area contributed by atoms with Crippen LogP contribution in [0, 0.1) is 0 Å². The second-order valence-electron chi connectivity index (χ2n) is 4.55. The van der Waals surface area contributed by atoms with Crippen LogP contribution < -0.4 is 5.32 Å². The molecule has 0 spiro atoms. The van der Waals surface area contributed by atoms with Gasteiger partial charge in [0.15, 0.2) is 0 Å². The molecule has 21 heavy (non-hydrogen) atoms. The summed E-state index contributed by atoms with van der Waals surface area (Å²) in [6.07, 6.45) is 0. The minimum atomic E-state index is -0.0746. The molecule has 0 radical (unpaired) electrons. The van der Waals surface area contributed by atoms with Crippen LogP contribution in [-0.2, 0) is 16.1 Å². The fourth-order valence-corrected chi connectivity index (χ4v) is 1.90. The summed E-state index contributed by atoms with van der Waals surface area (Å²) in [5.41, 5.74) is 1.82. The Morgan fingerprint density at radius 2 is 1.86 bits per heavy atom. The van der Waals surface area contributed by atoms with E-state index in [1.54, 1.807) is 4.90 Å². The lowest BCUT2D eigenvalue weighted by molar-refractivity contribution is 0.0453. The summed E-state index contributed by atoms with van der Waals surface area (Å²) in [4.78, 5) is 13.7. The highest BCUT2D eigenvalue weighted by atomic mass is 16.5. The molecule has 1 N–H and O–H groups in total. The Kier molecular flexibility index (Phi) is 8.47. The number of nitrogens with zero attached hydrogens (tertiary/aromatic N) is 1. The second kappa shape index (κ2) is 10.2. The zero-order valence-corrected chi connectivity index (χ0v) is 13.2. The molecular weight excluding hydrogens is 268 g/mol. The van der Waals surface area contributed by atoms with Gasteiger partial charge in [-0.05, 0) is 38.5 Å². The van der Waals surface area contributed by atoms with Crippen LogP contribution in [0.15, 0.2) is 24.3 Å². The average Bonchev–Trinajstić information content (AvgIpc) is 2.48. The number of nitrogens with one attached hydrogen (secondary N) is 1. The molecule has 1 aromatic carbocycles. The number of carbonyl (C=O) groups excluding carboxylic acids is 1. The van der Waals surface area contributed by atoms with Crippen molar-refractivity contribution in [1.29, 1.82) is 0 Å². The number of amides is 2. The van der Waals surface area contributed by atoms with E-state index in [1.165, 1.54) is 0 Å². The third kappa shape index (κ3) is 6.60. The van der Waals surface area contributed by atoms with Crippen molar-refractivity contribution in [2.24, 2.45) is 0 Å². The van der Waals surface area contributed by atoms with E-state index in [-0.39, 0.29) is 6.03 Å². The molecule has 0 aliphatic heterocycles. The van der Waals surface area contributed by atoms with E-state index >= 15 is 0 Å². The summed E-state index contributed by atoms with van der Waals surface area (Å²) < 4.78 is 10.7. The van der Waals surface area contributed by atoms with Crippen molar-refractivity contribution in [3.63, 3.8) is 0 Å². The molecule has 0 saturated heterocycles. The Morgan fingerprint density at radius 1 is 1.14 bits per heavy atom. The molecule has 0 atom stereocenters. The molecule has 0 aliphatic carbocycles. The van der Waals surface area contributed by atoms with Gasteiger partial charge in [-0.25, -0.2) is 4.79 Å². The van der Waals surface area contributed by atoms with Crippen LogP contribution in [0.25, 0.3) is 0 Å². The summed E-state index contributed by atoms with van der Waals surface area (Å²) in [5, 5.41) is 2.90. The second-order valence-corrected chi connectivity index (χ2v) is 4.55. The normalized spacial score (nSPS) is 10.4. The van der Waals surface area contributed by atoms with Crippen molar-refractivity contribution < 1.29 is 14.3 Å². The van der Waals surface area contributed by atoms with Crippen LogP contribution in [0.2, 0.25) is 0 Å². The van der Waals surface area contributed by atoms with Gasteiger partial charge in [0.1, 0.15) is 0 Å². The maximum atomic E-state index is 12.0. The molecule has 0 bridgehead atoms. The molecule has 1 aromatic rings. The third-order valence-electron chi connectivity index (χ3n) is 3.07. The van der Waals surface area contributed by atoms with Gasteiger partial charge in [0.05, 0.1) is 19.8 Å². The van der Waals surface area contributed by atoms with E-state index in [9.17, 15) is 4.79 Å². The van der Waals surface area contributed by atoms with E-state index in [4.69, 9.17) is 9.47 Å². The van der Waals surface area contributed by atoms with E-state index in [1.807, 2.05) is 45.0 Å². The van der Waals surface area contributed by atoms with Gasteiger partial charge in [-0.3, -0.25) is 0 Å². The first-order valence-corrected chi connectivity index (χ1v) is 7.51. The summed E-state index contributed by atoms with van der Waals surface area (Å²) in [5.74, 6) is 0. The van der Waals surface area contributed by atoms with E-state index < -0.39 is 0 Å². The monoisotopic (exact) mass is 294 g/mol. The predicted molar refractivity (Wildman–Crippen MR) is 84.5 cm³/mol. The molecule has 118 valence electrons. The van der Waals surface area contributed by atoms with Crippen molar-refractivity contribution >= 4 is 11.7 Å². The van der Waals surface area contributed by atoms with Crippen LogP contribution >= 0.6 is 0 Å². The SMILES string of the molecule is CCOCCOCc1cccc(NC(=O)N(CC)CC)c1. The first-order valence-electron chi connectivity index (χ1n) is 7.51. The van der Waals surface area contributed by atoms with Gasteiger partial charge in [-0.2, -0.15) is 0 Å². The standard InChI is InChI=1S/C16H26N2O3/c1-4-18(5-2)16(19)17-15-9-7-8-14(12-15)13-21-11-10-20-6-3/h7-9,12H,4-6,10-11,13H2,1-3H3,(H,17,19). The Morgan fingerprint density at radius 3 is 2.52 bits per heavy atom. The van der Waals surface area contributed by atoms with Gasteiger partial charge in [-0.1, -0.05) is 12.1 Å². The molecule has 0 saturated carbocycles. The van der Waals surface area contributed by atoms with Gasteiger partial charge in [0.2, 0.25) is 0 Å². The highest BCUT2D eigenvalue weighted by molar-refractivity contribution is 5.89. The summed E-state index contributed by atoms with van der Waals surface area (Å²) in [6, 6.07) is 7.63. The maximum absolute atomic E-state index is 12.0. The highest BCUT2D eigenvalue weighted by Gasteiger charge is 2.09. The van der Waals surface area contributed by atoms with Crippen molar-refractivity contribution in [3.8, 4) is 0 Å². The molecular formula is C16H26N2O3. The summed E-state index contributed by atoms with van der Waals surface area (Å²) in [7, 11) is 0. The zero-order chi connectivity index (χ0) is 15.5. The molecule has 1 rings (SSSR count). The van der Waals surface area contributed by atoms with Crippen LogP contribution in [0.5, 0.6) is 0 Å². The first kappa shape index (κ1) is 17.5. The number of ether oxygens (including phenoxy) is 2. The number of rotatable bonds is 9. The van der Waals surface area contributed by atoms with Crippen molar-refractivity contribution in [2.45, 2.75) is 27.4 Å². The molecule has 2 amide bonds. The first-order chi connectivity index (χ1) is 10.2. The van der Waals surface area contributed by atoms with Gasteiger partial charge < -0.3 is 19.7 Å². The zero-order valence-electron chi connectivity index (χ0n) is 13.2. The van der Waals surface area contributed by atoms with E-state index in [0.717, 1.165) is 11.3 Å². The lowest BCUT2D eigenvalue weighted by Crippen LogP contribution is -2.34. The van der Waals surface area contributed by atoms with E-state index in [2.05, 4.69) is 5.32 Å². The minimum absolute atomic E-state index is 0.0746. The topological polar surface area (TPSA) is 50.8 Å². The Balaban J connectivity index is 2.46. The number of anilines is 1. The third-order valence-corrected chi connectivity index (χ3v) is 3.07. The maximum Gasteiger partial charge on any atom is 0.321 e. The van der Waals surface area contributed by atoms with Gasteiger partial charge in [-0.15, -0.1) is 0 Å². The Labute approximate surface area is 127 Å². The number of carbonyl (C=O) groups is 1. The predicted octanol–water partition coefficient (Wildman–Crippen LogP) is 3.11. The number of benzene rings is 1. The van der Waals surface area contributed by atoms with Crippen LogP contribution in [0.3, 0.4) is 0 Å².